The van der Waals surface area contributed by atoms with Crippen LogP contribution in [0.5, 0.6) is 0 Å². The number of nitrogens with zero attached hydrogens (tertiary/aromatic N) is 1. The number of hydrogen-bond acceptors (Lipinski definition) is 3. The van der Waals surface area contributed by atoms with Crippen molar-refractivity contribution in [3.05, 3.63) is 53.6 Å². The van der Waals surface area contributed by atoms with Crippen molar-refractivity contribution in [3.63, 3.8) is 0 Å². The minimum atomic E-state index is -0.112. The van der Waals surface area contributed by atoms with Gasteiger partial charge in [-0.15, -0.1) is 0 Å². The van der Waals surface area contributed by atoms with E-state index in [0.717, 1.165) is 17.9 Å². The van der Waals surface area contributed by atoms with Crippen LogP contribution >= 0.6 is 0 Å². The molecule has 3 rings (SSSR count). The van der Waals surface area contributed by atoms with E-state index in [4.69, 9.17) is 5.73 Å². The number of anilines is 3. The third kappa shape index (κ3) is 4.01. The zero-order valence-corrected chi connectivity index (χ0v) is 16.0. The van der Waals surface area contributed by atoms with Crippen molar-refractivity contribution in [1.29, 1.82) is 0 Å². The van der Waals surface area contributed by atoms with E-state index < -0.39 is 0 Å². The fraction of sp³-hybridized carbons (Fsp3) is 0.409. The van der Waals surface area contributed by atoms with Crippen molar-refractivity contribution in [1.82, 2.24) is 0 Å². The minimum absolute atomic E-state index is 0.112. The second-order valence-electron chi connectivity index (χ2n) is 7.54. The predicted octanol–water partition coefficient (Wildman–Crippen LogP) is 5.02. The molecule has 1 saturated heterocycles. The number of rotatable bonds is 4. The smallest absolute Gasteiger partial charge is 0.255 e. The summed E-state index contributed by atoms with van der Waals surface area (Å²) in [6.45, 7) is 7.57. The topological polar surface area (TPSA) is 58.4 Å². The first kappa shape index (κ1) is 18.3. The molecule has 0 bridgehead atoms. The minimum Gasteiger partial charge on any atom is -0.397 e. The summed E-state index contributed by atoms with van der Waals surface area (Å²) in [6.07, 6.45) is 3.68. The lowest BCUT2D eigenvalue weighted by atomic mass is 10.0. The predicted molar refractivity (Wildman–Crippen MR) is 110 cm³/mol. The van der Waals surface area contributed by atoms with E-state index in [2.05, 4.69) is 31.0 Å². The number of hydrogen-bond donors (Lipinski definition) is 2. The monoisotopic (exact) mass is 351 g/mol. The van der Waals surface area contributed by atoms with E-state index in [1.165, 1.54) is 24.8 Å². The van der Waals surface area contributed by atoms with Crippen LogP contribution in [0, 0.1) is 0 Å². The SMILES string of the molecule is CC(C)c1ccc(C(=O)Nc2ccc(N3CCCC[C@H]3C)c(N)c2)cc1. The van der Waals surface area contributed by atoms with Gasteiger partial charge < -0.3 is 16.0 Å². The number of carbonyl (C=O) groups is 1. The Bertz CT molecular complexity index is 767. The van der Waals surface area contributed by atoms with Gasteiger partial charge in [-0.2, -0.15) is 0 Å². The van der Waals surface area contributed by atoms with Crippen molar-refractivity contribution >= 4 is 23.0 Å². The van der Waals surface area contributed by atoms with Crippen LogP contribution in [-0.2, 0) is 0 Å². The highest BCUT2D eigenvalue weighted by molar-refractivity contribution is 6.04. The van der Waals surface area contributed by atoms with E-state index in [1.807, 2.05) is 42.5 Å². The fourth-order valence-electron chi connectivity index (χ4n) is 3.57. The Kier molecular flexibility index (Phi) is 5.50. The number of benzene rings is 2. The number of carbonyl (C=O) groups excluding carboxylic acids is 1. The van der Waals surface area contributed by atoms with Crippen molar-refractivity contribution in [2.45, 2.75) is 52.0 Å². The Morgan fingerprint density at radius 3 is 2.50 bits per heavy atom. The first-order valence-corrected chi connectivity index (χ1v) is 9.53. The summed E-state index contributed by atoms with van der Waals surface area (Å²) in [4.78, 5) is 14.9. The lowest BCUT2D eigenvalue weighted by Crippen LogP contribution is -2.37. The van der Waals surface area contributed by atoms with Gasteiger partial charge in [0.05, 0.1) is 11.4 Å². The maximum atomic E-state index is 12.5. The Labute approximate surface area is 156 Å². The molecule has 0 spiro atoms. The van der Waals surface area contributed by atoms with Gasteiger partial charge >= 0.3 is 0 Å². The Morgan fingerprint density at radius 2 is 1.88 bits per heavy atom. The molecule has 1 atom stereocenters. The molecule has 26 heavy (non-hydrogen) atoms. The molecular weight excluding hydrogens is 322 g/mol. The van der Waals surface area contributed by atoms with E-state index >= 15 is 0 Å². The zero-order chi connectivity index (χ0) is 18.7. The molecule has 2 aromatic carbocycles. The molecule has 4 heteroatoms. The first-order valence-electron chi connectivity index (χ1n) is 9.53. The molecule has 1 aliphatic rings. The van der Waals surface area contributed by atoms with Crippen LogP contribution in [0.3, 0.4) is 0 Å². The average molecular weight is 351 g/mol. The van der Waals surface area contributed by atoms with Gasteiger partial charge in [0.25, 0.3) is 5.91 Å². The van der Waals surface area contributed by atoms with Crippen LogP contribution in [-0.4, -0.2) is 18.5 Å². The van der Waals surface area contributed by atoms with Gasteiger partial charge in [0.2, 0.25) is 0 Å². The lowest BCUT2D eigenvalue weighted by molar-refractivity contribution is 0.102. The number of nitrogens with one attached hydrogen (secondary N) is 1. The number of nitrogens with two attached hydrogens (primary N) is 1. The van der Waals surface area contributed by atoms with Crippen molar-refractivity contribution in [2.24, 2.45) is 0 Å². The molecule has 2 aromatic rings. The van der Waals surface area contributed by atoms with Crippen LogP contribution in [0.25, 0.3) is 0 Å². The van der Waals surface area contributed by atoms with Crippen LogP contribution < -0.4 is 16.0 Å². The summed E-state index contributed by atoms with van der Waals surface area (Å²) < 4.78 is 0. The molecule has 1 amide bonds. The van der Waals surface area contributed by atoms with Crippen molar-refractivity contribution in [3.8, 4) is 0 Å². The highest BCUT2D eigenvalue weighted by Crippen LogP contribution is 2.31. The molecule has 1 fully saturated rings. The highest BCUT2D eigenvalue weighted by Gasteiger charge is 2.20. The van der Waals surface area contributed by atoms with Crippen molar-refractivity contribution in [2.75, 3.05) is 22.5 Å². The van der Waals surface area contributed by atoms with E-state index in [0.29, 0.717) is 23.2 Å². The molecule has 0 unspecified atom stereocenters. The molecule has 1 heterocycles. The second-order valence-corrected chi connectivity index (χ2v) is 7.54. The van der Waals surface area contributed by atoms with Crippen LogP contribution in [0.4, 0.5) is 17.1 Å². The third-order valence-corrected chi connectivity index (χ3v) is 5.24. The Morgan fingerprint density at radius 1 is 1.15 bits per heavy atom. The van der Waals surface area contributed by atoms with Gasteiger partial charge in [-0.05, 0) is 68.0 Å². The van der Waals surface area contributed by atoms with E-state index in [1.54, 1.807) is 0 Å². The summed E-state index contributed by atoms with van der Waals surface area (Å²) in [7, 11) is 0. The Balaban J connectivity index is 1.72. The fourth-order valence-corrected chi connectivity index (χ4v) is 3.57. The molecule has 4 nitrogen and oxygen atoms in total. The number of amides is 1. The average Bonchev–Trinajstić information content (AvgIpc) is 2.63. The zero-order valence-electron chi connectivity index (χ0n) is 16.0. The van der Waals surface area contributed by atoms with Gasteiger partial charge in [-0.1, -0.05) is 26.0 Å². The largest absolute Gasteiger partial charge is 0.397 e. The molecule has 0 aliphatic carbocycles. The summed E-state index contributed by atoms with van der Waals surface area (Å²) in [5, 5.41) is 2.95. The van der Waals surface area contributed by atoms with Crippen LogP contribution in [0.15, 0.2) is 42.5 Å². The number of piperidine rings is 1. The molecule has 138 valence electrons. The summed E-state index contributed by atoms with van der Waals surface area (Å²) in [5.74, 6) is 0.343. The summed E-state index contributed by atoms with van der Waals surface area (Å²) in [6, 6.07) is 14.1. The van der Waals surface area contributed by atoms with Gasteiger partial charge in [0.15, 0.2) is 0 Å². The van der Waals surface area contributed by atoms with E-state index in [9.17, 15) is 4.79 Å². The van der Waals surface area contributed by atoms with Gasteiger partial charge in [-0.25, -0.2) is 0 Å². The molecule has 0 aromatic heterocycles. The first-order chi connectivity index (χ1) is 12.5. The Hall–Kier alpha value is -2.49. The quantitative estimate of drug-likeness (QED) is 0.760. The van der Waals surface area contributed by atoms with Crippen molar-refractivity contribution < 1.29 is 4.79 Å². The van der Waals surface area contributed by atoms with E-state index in [-0.39, 0.29) is 5.91 Å². The summed E-state index contributed by atoms with van der Waals surface area (Å²) >= 11 is 0. The highest BCUT2D eigenvalue weighted by atomic mass is 16.1. The van der Waals surface area contributed by atoms with Crippen LogP contribution in [0.2, 0.25) is 0 Å². The number of nitrogen functional groups attached to an aromatic ring is 1. The second kappa shape index (κ2) is 7.81. The van der Waals surface area contributed by atoms with Crippen LogP contribution in [0.1, 0.15) is 61.9 Å². The maximum absolute atomic E-state index is 12.5. The third-order valence-electron chi connectivity index (χ3n) is 5.24. The van der Waals surface area contributed by atoms with Gasteiger partial charge in [-0.3, -0.25) is 4.79 Å². The lowest BCUT2D eigenvalue weighted by Gasteiger charge is -2.36. The van der Waals surface area contributed by atoms with Gasteiger partial charge in [0, 0.05) is 23.8 Å². The standard InChI is InChI=1S/C22H29N3O/c1-15(2)17-7-9-18(10-8-17)22(26)24-19-11-12-21(20(23)14-19)25-13-5-4-6-16(25)3/h7-12,14-16H,4-6,13,23H2,1-3H3,(H,24,26)/t16-/m1/s1. The molecule has 1 aliphatic heterocycles. The van der Waals surface area contributed by atoms with Gasteiger partial charge in [0.1, 0.15) is 0 Å². The maximum Gasteiger partial charge on any atom is 0.255 e. The molecular formula is C22H29N3O. The molecule has 0 radical (unpaired) electrons. The summed E-state index contributed by atoms with van der Waals surface area (Å²) in [5.41, 5.74) is 10.7. The molecule has 3 N–H and O–H groups in total. The molecule has 0 saturated carbocycles. The normalized spacial score (nSPS) is 17.4.